The summed E-state index contributed by atoms with van der Waals surface area (Å²) in [5, 5.41) is 0. The van der Waals surface area contributed by atoms with E-state index in [1.165, 1.54) is 19.3 Å². The van der Waals surface area contributed by atoms with Crippen LogP contribution in [0.25, 0.3) is 0 Å². The highest BCUT2D eigenvalue weighted by Gasteiger charge is 2.23. The summed E-state index contributed by atoms with van der Waals surface area (Å²) >= 11 is 0. The molecule has 0 aromatic heterocycles. The average molecular weight is 202 g/mol. The molecule has 0 aromatic rings. The van der Waals surface area contributed by atoms with E-state index in [-0.39, 0.29) is 0 Å². The summed E-state index contributed by atoms with van der Waals surface area (Å²) in [6, 6.07) is 0. The van der Waals surface area contributed by atoms with Crippen molar-refractivity contribution in [3.05, 3.63) is 0 Å². The van der Waals surface area contributed by atoms with Crippen molar-refractivity contribution in [1.29, 1.82) is 0 Å². The Bertz CT molecular complexity index is 134. The molecule has 1 rings (SSSR count). The third-order valence-corrected chi connectivity index (χ3v) is 2.60. The van der Waals surface area contributed by atoms with Crippen molar-refractivity contribution in [2.75, 3.05) is 26.6 Å². The molecule has 0 aliphatic carbocycles. The van der Waals surface area contributed by atoms with E-state index in [9.17, 15) is 0 Å². The van der Waals surface area contributed by atoms with Crippen molar-refractivity contribution in [1.82, 2.24) is 0 Å². The van der Waals surface area contributed by atoms with Gasteiger partial charge in [0.2, 0.25) is 0 Å². The number of hydrogen-bond acceptors (Lipinski definition) is 3. The van der Waals surface area contributed by atoms with Gasteiger partial charge in [-0.15, -0.1) is 0 Å². The highest BCUT2D eigenvalue weighted by Crippen LogP contribution is 2.20. The molecule has 1 saturated heterocycles. The zero-order valence-corrected chi connectivity index (χ0v) is 9.33. The predicted molar refractivity (Wildman–Crippen MR) is 55.2 cm³/mol. The Morgan fingerprint density at radius 2 is 2.14 bits per heavy atom. The van der Waals surface area contributed by atoms with Crippen LogP contribution in [0.1, 0.15) is 33.1 Å². The number of ether oxygens (including phenoxy) is 3. The Labute approximate surface area is 86.7 Å². The van der Waals surface area contributed by atoms with Crippen molar-refractivity contribution >= 4 is 0 Å². The normalized spacial score (nSPS) is 22.3. The third-order valence-electron chi connectivity index (χ3n) is 2.60. The first-order chi connectivity index (χ1) is 6.86. The van der Waals surface area contributed by atoms with Crippen LogP contribution in [0.3, 0.4) is 0 Å². The quantitative estimate of drug-likeness (QED) is 0.326. The second-order valence-electron chi connectivity index (χ2n) is 3.79. The maximum absolute atomic E-state index is 5.42. The summed E-state index contributed by atoms with van der Waals surface area (Å²) in [4.78, 5) is 0. The molecule has 2 atom stereocenters. The SMILES string of the molecule is CCOCOCC(CC)CCC1CO1. The monoisotopic (exact) mass is 202 g/mol. The molecule has 3 heteroatoms. The molecule has 0 bridgehead atoms. The Kier molecular flexibility index (Phi) is 6.15. The van der Waals surface area contributed by atoms with Gasteiger partial charge in [-0.3, -0.25) is 0 Å². The summed E-state index contributed by atoms with van der Waals surface area (Å²) in [6.45, 7) is 7.15. The van der Waals surface area contributed by atoms with Gasteiger partial charge in [-0.05, 0) is 25.7 Å². The lowest BCUT2D eigenvalue weighted by Crippen LogP contribution is -2.11. The van der Waals surface area contributed by atoms with Gasteiger partial charge in [-0.1, -0.05) is 13.3 Å². The molecule has 3 nitrogen and oxygen atoms in total. The molecule has 0 spiro atoms. The van der Waals surface area contributed by atoms with Gasteiger partial charge in [-0.25, -0.2) is 0 Å². The first-order valence-electron chi connectivity index (χ1n) is 5.63. The molecule has 1 aliphatic rings. The molecule has 0 amide bonds. The number of rotatable bonds is 9. The minimum Gasteiger partial charge on any atom is -0.373 e. The van der Waals surface area contributed by atoms with E-state index < -0.39 is 0 Å². The fourth-order valence-electron chi connectivity index (χ4n) is 1.42. The lowest BCUT2D eigenvalue weighted by atomic mass is 10.0. The Balaban J connectivity index is 1.93. The van der Waals surface area contributed by atoms with Crippen LogP contribution < -0.4 is 0 Å². The van der Waals surface area contributed by atoms with Crippen molar-refractivity contribution in [2.24, 2.45) is 5.92 Å². The van der Waals surface area contributed by atoms with E-state index in [2.05, 4.69) is 6.92 Å². The fraction of sp³-hybridized carbons (Fsp3) is 1.00. The van der Waals surface area contributed by atoms with Gasteiger partial charge in [0.25, 0.3) is 0 Å². The van der Waals surface area contributed by atoms with Crippen molar-refractivity contribution in [3.63, 3.8) is 0 Å². The summed E-state index contributed by atoms with van der Waals surface area (Å²) in [5.41, 5.74) is 0. The molecule has 1 heterocycles. The minimum absolute atomic E-state index is 0.437. The summed E-state index contributed by atoms with van der Waals surface area (Å²) in [6.07, 6.45) is 4.14. The van der Waals surface area contributed by atoms with Gasteiger partial charge in [0, 0.05) is 6.61 Å². The van der Waals surface area contributed by atoms with Crippen LogP contribution in [-0.4, -0.2) is 32.7 Å². The molecule has 2 unspecified atom stereocenters. The van der Waals surface area contributed by atoms with Gasteiger partial charge in [0.05, 0.1) is 19.3 Å². The molecule has 1 aliphatic heterocycles. The van der Waals surface area contributed by atoms with Crippen LogP contribution in [0.15, 0.2) is 0 Å². The second-order valence-corrected chi connectivity index (χ2v) is 3.79. The third kappa shape index (κ3) is 5.58. The molecule has 84 valence electrons. The summed E-state index contributed by atoms with van der Waals surface area (Å²) in [5.74, 6) is 0.666. The van der Waals surface area contributed by atoms with E-state index in [4.69, 9.17) is 14.2 Å². The first kappa shape index (κ1) is 12.0. The Hall–Kier alpha value is -0.120. The molecular formula is C11H22O3. The van der Waals surface area contributed by atoms with Gasteiger partial charge < -0.3 is 14.2 Å². The van der Waals surface area contributed by atoms with E-state index in [0.29, 0.717) is 18.8 Å². The lowest BCUT2D eigenvalue weighted by molar-refractivity contribution is -0.0616. The van der Waals surface area contributed by atoms with Crippen molar-refractivity contribution < 1.29 is 14.2 Å². The smallest absolute Gasteiger partial charge is 0.146 e. The topological polar surface area (TPSA) is 31.0 Å². The first-order valence-corrected chi connectivity index (χ1v) is 5.63. The summed E-state index contributed by atoms with van der Waals surface area (Å²) < 4.78 is 15.7. The van der Waals surface area contributed by atoms with Crippen LogP contribution in [-0.2, 0) is 14.2 Å². The number of hydrogen-bond donors (Lipinski definition) is 0. The molecule has 1 fully saturated rings. The average Bonchev–Trinajstić information content (AvgIpc) is 3.01. The van der Waals surface area contributed by atoms with Crippen LogP contribution in [0, 0.1) is 5.92 Å². The zero-order chi connectivity index (χ0) is 10.2. The highest BCUT2D eigenvalue weighted by molar-refractivity contribution is 4.70. The predicted octanol–water partition coefficient (Wildman–Crippen LogP) is 2.20. The molecule has 0 saturated carbocycles. The molecular weight excluding hydrogens is 180 g/mol. The molecule has 0 radical (unpaired) electrons. The standard InChI is InChI=1S/C11H22O3/c1-3-10(5-6-11-8-14-11)7-13-9-12-4-2/h10-11H,3-9H2,1-2H3. The molecule has 0 aromatic carbocycles. The Morgan fingerprint density at radius 1 is 1.36 bits per heavy atom. The van der Waals surface area contributed by atoms with Gasteiger partial charge in [0.15, 0.2) is 0 Å². The van der Waals surface area contributed by atoms with Crippen LogP contribution >= 0.6 is 0 Å². The fourth-order valence-corrected chi connectivity index (χ4v) is 1.42. The largest absolute Gasteiger partial charge is 0.373 e. The van der Waals surface area contributed by atoms with Crippen LogP contribution in [0.5, 0.6) is 0 Å². The Morgan fingerprint density at radius 3 is 2.71 bits per heavy atom. The summed E-state index contributed by atoms with van der Waals surface area (Å²) in [7, 11) is 0. The number of epoxide rings is 1. The lowest BCUT2D eigenvalue weighted by Gasteiger charge is -2.14. The van der Waals surface area contributed by atoms with E-state index in [1.54, 1.807) is 0 Å². The molecule has 0 N–H and O–H groups in total. The molecule has 14 heavy (non-hydrogen) atoms. The van der Waals surface area contributed by atoms with Crippen molar-refractivity contribution in [2.45, 2.75) is 39.2 Å². The minimum atomic E-state index is 0.437. The second kappa shape index (κ2) is 7.21. The maximum atomic E-state index is 5.42. The van der Waals surface area contributed by atoms with Crippen molar-refractivity contribution in [3.8, 4) is 0 Å². The van der Waals surface area contributed by atoms with E-state index in [0.717, 1.165) is 19.8 Å². The van der Waals surface area contributed by atoms with Gasteiger partial charge in [0.1, 0.15) is 6.79 Å². The highest BCUT2D eigenvalue weighted by atomic mass is 16.7. The van der Waals surface area contributed by atoms with Gasteiger partial charge in [-0.2, -0.15) is 0 Å². The van der Waals surface area contributed by atoms with E-state index in [1.807, 2.05) is 6.92 Å². The van der Waals surface area contributed by atoms with Crippen LogP contribution in [0.2, 0.25) is 0 Å². The van der Waals surface area contributed by atoms with Gasteiger partial charge >= 0.3 is 0 Å². The maximum Gasteiger partial charge on any atom is 0.146 e. The van der Waals surface area contributed by atoms with Crippen LogP contribution in [0.4, 0.5) is 0 Å². The zero-order valence-electron chi connectivity index (χ0n) is 9.33. The van der Waals surface area contributed by atoms with E-state index >= 15 is 0 Å².